The van der Waals surface area contributed by atoms with Crippen LogP contribution in [-0.4, -0.2) is 11.7 Å². The van der Waals surface area contributed by atoms with Crippen molar-refractivity contribution in [1.29, 1.82) is 0 Å². The number of benzene rings is 1. The van der Waals surface area contributed by atoms with Gasteiger partial charge in [0.1, 0.15) is 5.58 Å². The molecule has 1 aliphatic carbocycles. The molecule has 3 heteroatoms. The number of aliphatic hydroxyl groups excluding tert-OH is 1. The third-order valence-electron chi connectivity index (χ3n) is 5.06. The maximum atomic E-state index is 10.9. The average molecular weight is 273 g/mol. The molecule has 0 spiro atoms. The van der Waals surface area contributed by atoms with Crippen molar-refractivity contribution in [2.45, 2.75) is 38.7 Å². The molecule has 3 rings (SSSR count). The summed E-state index contributed by atoms with van der Waals surface area (Å²) < 4.78 is 5.57. The van der Waals surface area contributed by atoms with Crippen LogP contribution >= 0.6 is 0 Å². The van der Waals surface area contributed by atoms with Crippen LogP contribution in [0.15, 0.2) is 34.9 Å². The molecule has 1 aliphatic rings. The number of aliphatic hydroxyl groups is 1. The van der Waals surface area contributed by atoms with Gasteiger partial charge in [-0.1, -0.05) is 38.0 Å². The zero-order chi connectivity index (χ0) is 14.2. The Balaban J connectivity index is 1.96. The van der Waals surface area contributed by atoms with Crippen molar-refractivity contribution in [3.05, 3.63) is 36.1 Å². The van der Waals surface area contributed by atoms with E-state index in [1.165, 1.54) is 0 Å². The van der Waals surface area contributed by atoms with Gasteiger partial charge in [-0.15, -0.1) is 0 Å². The van der Waals surface area contributed by atoms with Crippen LogP contribution in [0.4, 0.5) is 0 Å². The summed E-state index contributed by atoms with van der Waals surface area (Å²) in [6, 6.07) is 7.87. The average Bonchev–Trinajstić information content (AvgIpc) is 2.91. The molecule has 0 amide bonds. The molecule has 3 N–H and O–H groups in total. The predicted octanol–water partition coefficient (Wildman–Crippen LogP) is 3.62. The van der Waals surface area contributed by atoms with Crippen LogP contribution in [0, 0.1) is 11.3 Å². The van der Waals surface area contributed by atoms with Gasteiger partial charge in [-0.25, -0.2) is 0 Å². The number of furan rings is 1. The van der Waals surface area contributed by atoms with Gasteiger partial charge in [0.25, 0.3) is 0 Å². The predicted molar refractivity (Wildman–Crippen MR) is 80.3 cm³/mol. The number of rotatable bonds is 3. The maximum absolute atomic E-state index is 10.9. The molecule has 108 valence electrons. The van der Waals surface area contributed by atoms with Crippen molar-refractivity contribution >= 4 is 11.0 Å². The third kappa shape index (κ3) is 2.15. The Bertz CT molecular complexity index is 581. The first-order chi connectivity index (χ1) is 9.66. The summed E-state index contributed by atoms with van der Waals surface area (Å²) in [6.45, 7) is 2.81. The second-order valence-corrected chi connectivity index (χ2v) is 6.34. The molecular formula is C17H23NO2. The Morgan fingerprint density at radius 1 is 1.35 bits per heavy atom. The minimum Gasteiger partial charge on any atom is -0.464 e. The van der Waals surface area contributed by atoms with Crippen LogP contribution in [-0.2, 0) is 0 Å². The monoisotopic (exact) mass is 273 g/mol. The van der Waals surface area contributed by atoms with E-state index < -0.39 is 6.10 Å². The standard InChI is InChI=1S/C17H23NO2/c1-12-6-8-17(11-18,9-7-12)16(19)14-10-20-15-5-3-2-4-13(14)15/h2-5,10,12,16,19H,6-9,11,18H2,1H3. The molecule has 0 radical (unpaired) electrons. The van der Waals surface area contributed by atoms with E-state index in [0.29, 0.717) is 6.54 Å². The fraction of sp³-hybridized carbons (Fsp3) is 0.529. The maximum Gasteiger partial charge on any atom is 0.134 e. The van der Waals surface area contributed by atoms with Crippen LogP contribution in [0.5, 0.6) is 0 Å². The smallest absolute Gasteiger partial charge is 0.134 e. The van der Waals surface area contributed by atoms with E-state index in [4.69, 9.17) is 10.2 Å². The molecule has 3 nitrogen and oxygen atoms in total. The van der Waals surface area contributed by atoms with Gasteiger partial charge in [0.15, 0.2) is 0 Å². The molecule has 0 bridgehead atoms. The van der Waals surface area contributed by atoms with Crippen molar-refractivity contribution in [2.75, 3.05) is 6.54 Å². The van der Waals surface area contributed by atoms with Gasteiger partial charge in [0, 0.05) is 22.9 Å². The Kier molecular flexibility index (Phi) is 3.57. The van der Waals surface area contributed by atoms with E-state index in [1.807, 2.05) is 24.3 Å². The minimum absolute atomic E-state index is 0.195. The lowest BCUT2D eigenvalue weighted by molar-refractivity contribution is -0.00772. The Hall–Kier alpha value is -1.32. The molecule has 1 unspecified atom stereocenters. The van der Waals surface area contributed by atoms with Gasteiger partial charge >= 0.3 is 0 Å². The van der Waals surface area contributed by atoms with E-state index in [1.54, 1.807) is 6.26 Å². The summed E-state index contributed by atoms with van der Waals surface area (Å²) in [5.74, 6) is 0.739. The first-order valence-electron chi connectivity index (χ1n) is 7.50. The first-order valence-corrected chi connectivity index (χ1v) is 7.50. The molecule has 2 aromatic rings. The van der Waals surface area contributed by atoms with Crippen molar-refractivity contribution < 1.29 is 9.52 Å². The summed E-state index contributed by atoms with van der Waals surface area (Å²) in [5.41, 5.74) is 7.57. The Morgan fingerprint density at radius 3 is 2.75 bits per heavy atom. The van der Waals surface area contributed by atoms with Crippen LogP contribution in [0.2, 0.25) is 0 Å². The lowest BCUT2D eigenvalue weighted by Gasteiger charge is -2.42. The van der Waals surface area contributed by atoms with E-state index in [0.717, 1.165) is 48.1 Å². The number of hydrogen-bond donors (Lipinski definition) is 2. The molecule has 1 aromatic heterocycles. The highest BCUT2D eigenvalue weighted by molar-refractivity contribution is 5.81. The number of fused-ring (bicyclic) bond motifs is 1. The molecule has 1 heterocycles. The third-order valence-corrected chi connectivity index (χ3v) is 5.06. The highest BCUT2D eigenvalue weighted by atomic mass is 16.3. The number of para-hydroxylation sites is 1. The zero-order valence-corrected chi connectivity index (χ0v) is 12.0. The highest BCUT2D eigenvalue weighted by Crippen LogP contribution is 2.48. The number of nitrogens with two attached hydrogens (primary N) is 1. The molecule has 1 saturated carbocycles. The van der Waals surface area contributed by atoms with E-state index >= 15 is 0 Å². The van der Waals surface area contributed by atoms with Crippen molar-refractivity contribution in [3.63, 3.8) is 0 Å². The van der Waals surface area contributed by atoms with E-state index in [9.17, 15) is 5.11 Å². The van der Waals surface area contributed by atoms with E-state index in [2.05, 4.69) is 6.92 Å². The zero-order valence-electron chi connectivity index (χ0n) is 12.0. The molecule has 20 heavy (non-hydrogen) atoms. The van der Waals surface area contributed by atoms with E-state index in [-0.39, 0.29) is 5.41 Å². The minimum atomic E-state index is -0.538. The summed E-state index contributed by atoms with van der Waals surface area (Å²) in [7, 11) is 0. The first kappa shape index (κ1) is 13.7. The Labute approximate surface area is 119 Å². The molecule has 1 fully saturated rings. The molecule has 1 aromatic carbocycles. The topological polar surface area (TPSA) is 59.4 Å². The van der Waals surface area contributed by atoms with Crippen molar-refractivity contribution in [2.24, 2.45) is 17.1 Å². The second kappa shape index (κ2) is 5.23. The van der Waals surface area contributed by atoms with Gasteiger partial charge in [-0.3, -0.25) is 0 Å². The SMILES string of the molecule is CC1CCC(CN)(C(O)c2coc3ccccc23)CC1. The fourth-order valence-corrected chi connectivity index (χ4v) is 3.47. The largest absolute Gasteiger partial charge is 0.464 e. The molecule has 1 atom stereocenters. The summed E-state index contributed by atoms with van der Waals surface area (Å²) >= 11 is 0. The fourth-order valence-electron chi connectivity index (χ4n) is 3.47. The van der Waals surface area contributed by atoms with Gasteiger partial charge in [-0.05, 0) is 24.8 Å². The van der Waals surface area contributed by atoms with Crippen LogP contribution < -0.4 is 5.73 Å². The van der Waals surface area contributed by atoms with Crippen molar-refractivity contribution in [1.82, 2.24) is 0 Å². The lowest BCUT2D eigenvalue weighted by Crippen LogP contribution is -2.39. The lowest BCUT2D eigenvalue weighted by atomic mass is 9.66. The van der Waals surface area contributed by atoms with Crippen molar-refractivity contribution in [3.8, 4) is 0 Å². The molecular weight excluding hydrogens is 250 g/mol. The Morgan fingerprint density at radius 2 is 2.05 bits per heavy atom. The van der Waals surface area contributed by atoms with Crippen LogP contribution in [0.3, 0.4) is 0 Å². The molecule has 0 saturated heterocycles. The van der Waals surface area contributed by atoms with Gasteiger partial charge in [-0.2, -0.15) is 0 Å². The quantitative estimate of drug-likeness (QED) is 0.898. The van der Waals surface area contributed by atoms with Gasteiger partial charge in [0.05, 0.1) is 12.4 Å². The second-order valence-electron chi connectivity index (χ2n) is 6.34. The summed E-state index contributed by atoms with van der Waals surface area (Å²) in [4.78, 5) is 0. The van der Waals surface area contributed by atoms with Crippen LogP contribution in [0.25, 0.3) is 11.0 Å². The highest BCUT2D eigenvalue weighted by Gasteiger charge is 2.41. The normalized spacial score (nSPS) is 28.6. The van der Waals surface area contributed by atoms with Gasteiger partial charge in [0.2, 0.25) is 0 Å². The van der Waals surface area contributed by atoms with Crippen LogP contribution in [0.1, 0.15) is 44.3 Å². The molecule has 0 aliphatic heterocycles. The number of hydrogen-bond acceptors (Lipinski definition) is 3. The summed E-state index contributed by atoms with van der Waals surface area (Å²) in [5, 5.41) is 11.9. The summed E-state index contributed by atoms with van der Waals surface area (Å²) in [6.07, 6.45) is 5.43. The van der Waals surface area contributed by atoms with Gasteiger partial charge < -0.3 is 15.3 Å².